The Kier molecular flexibility index (Phi) is 2.45. The number of rotatable bonds is 2. The number of nitrogens with two attached hydrogens (primary N) is 1. The van der Waals surface area contributed by atoms with E-state index in [0.29, 0.717) is 5.84 Å². The summed E-state index contributed by atoms with van der Waals surface area (Å²) in [6, 6.07) is 4.08. The minimum Gasteiger partial charge on any atom is -0.387 e. The van der Waals surface area contributed by atoms with E-state index in [4.69, 9.17) is 5.73 Å². The number of hydrogen-bond acceptors (Lipinski definition) is 2. The number of amidine groups is 1. The maximum Gasteiger partial charge on any atom is 0.0986 e. The van der Waals surface area contributed by atoms with E-state index in [-0.39, 0.29) is 0 Å². The lowest BCUT2D eigenvalue weighted by Gasteiger charge is -1.93. The van der Waals surface area contributed by atoms with Gasteiger partial charge in [-0.3, -0.25) is 4.99 Å². The second kappa shape index (κ2) is 3.37. The highest BCUT2D eigenvalue weighted by molar-refractivity contribution is 7.10. The molecule has 0 unspecified atom stereocenters. The molecule has 0 bridgehead atoms. The van der Waals surface area contributed by atoms with Crippen LogP contribution in [-0.2, 0) is 6.42 Å². The summed E-state index contributed by atoms with van der Waals surface area (Å²) in [4.78, 5) is 5.13. The summed E-state index contributed by atoms with van der Waals surface area (Å²) >= 11 is 1.71. The lowest BCUT2D eigenvalue weighted by atomic mass is 10.3. The molecule has 0 saturated heterocycles. The predicted molar refractivity (Wildman–Crippen MR) is 45.6 cm³/mol. The molecular weight excluding hydrogens is 144 g/mol. The van der Waals surface area contributed by atoms with E-state index in [9.17, 15) is 0 Å². The summed E-state index contributed by atoms with van der Waals surface area (Å²) in [6.07, 6.45) is 0.786. The highest BCUT2D eigenvalue weighted by atomic mass is 32.1. The van der Waals surface area contributed by atoms with Gasteiger partial charge in [0.05, 0.1) is 5.84 Å². The SMILES string of the molecule is CN=C(N)Cc1cccs1. The van der Waals surface area contributed by atoms with Crippen LogP contribution in [0.2, 0.25) is 0 Å². The van der Waals surface area contributed by atoms with Gasteiger partial charge in [-0.15, -0.1) is 11.3 Å². The molecule has 1 aromatic heterocycles. The van der Waals surface area contributed by atoms with Gasteiger partial charge in [-0.2, -0.15) is 0 Å². The molecule has 0 radical (unpaired) electrons. The van der Waals surface area contributed by atoms with Crippen LogP contribution in [0.1, 0.15) is 4.88 Å². The summed E-state index contributed by atoms with van der Waals surface area (Å²) in [6.45, 7) is 0. The summed E-state index contributed by atoms with van der Waals surface area (Å²) < 4.78 is 0. The number of nitrogens with zero attached hydrogens (tertiary/aromatic N) is 1. The summed E-state index contributed by atoms with van der Waals surface area (Å²) in [5, 5.41) is 2.04. The van der Waals surface area contributed by atoms with Gasteiger partial charge >= 0.3 is 0 Å². The highest BCUT2D eigenvalue weighted by Crippen LogP contribution is 2.08. The Bertz CT molecular complexity index is 214. The zero-order valence-electron chi connectivity index (χ0n) is 5.87. The Hall–Kier alpha value is -0.830. The Morgan fingerprint density at radius 1 is 1.80 bits per heavy atom. The third kappa shape index (κ3) is 1.84. The van der Waals surface area contributed by atoms with Gasteiger partial charge in [0.2, 0.25) is 0 Å². The van der Waals surface area contributed by atoms with E-state index in [0.717, 1.165) is 6.42 Å². The molecule has 0 saturated carbocycles. The molecule has 0 aliphatic carbocycles. The quantitative estimate of drug-likeness (QED) is 0.505. The molecule has 0 aliphatic heterocycles. The maximum absolute atomic E-state index is 5.52. The van der Waals surface area contributed by atoms with E-state index in [1.54, 1.807) is 18.4 Å². The Morgan fingerprint density at radius 2 is 2.60 bits per heavy atom. The van der Waals surface area contributed by atoms with Crippen molar-refractivity contribution in [1.82, 2.24) is 0 Å². The van der Waals surface area contributed by atoms with Crippen LogP contribution >= 0.6 is 11.3 Å². The Labute approximate surface area is 64.4 Å². The average Bonchev–Trinajstić information content (AvgIpc) is 2.40. The Balaban J connectivity index is 2.56. The molecule has 0 fully saturated rings. The van der Waals surface area contributed by atoms with E-state index >= 15 is 0 Å². The van der Waals surface area contributed by atoms with Crippen LogP contribution in [0.3, 0.4) is 0 Å². The fraction of sp³-hybridized carbons (Fsp3) is 0.286. The molecule has 0 aromatic carbocycles. The first-order valence-electron chi connectivity index (χ1n) is 3.06. The molecule has 10 heavy (non-hydrogen) atoms. The highest BCUT2D eigenvalue weighted by Gasteiger charge is 1.94. The lowest BCUT2D eigenvalue weighted by Crippen LogP contribution is -2.13. The largest absolute Gasteiger partial charge is 0.387 e. The van der Waals surface area contributed by atoms with Crippen LogP contribution < -0.4 is 5.73 Å². The molecule has 0 spiro atoms. The van der Waals surface area contributed by atoms with Crippen molar-refractivity contribution in [1.29, 1.82) is 0 Å². The third-order valence-corrected chi connectivity index (χ3v) is 2.10. The van der Waals surface area contributed by atoms with Crippen molar-refractivity contribution >= 4 is 17.2 Å². The van der Waals surface area contributed by atoms with Crippen molar-refractivity contribution in [2.24, 2.45) is 10.7 Å². The molecule has 0 amide bonds. The Morgan fingerprint density at radius 3 is 3.10 bits per heavy atom. The molecular formula is C7H10N2S. The van der Waals surface area contributed by atoms with Crippen LogP contribution in [0, 0.1) is 0 Å². The molecule has 1 aromatic rings. The second-order valence-corrected chi connectivity index (χ2v) is 3.00. The van der Waals surface area contributed by atoms with Crippen molar-refractivity contribution in [3.8, 4) is 0 Å². The fourth-order valence-corrected chi connectivity index (χ4v) is 1.39. The molecule has 1 heterocycles. The predicted octanol–water partition coefficient (Wildman–Crippen LogP) is 1.28. The van der Waals surface area contributed by atoms with Gasteiger partial charge in [0.15, 0.2) is 0 Å². The number of hydrogen-bond donors (Lipinski definition) is 1. The van der Waals surface area contributed by atoms with Crippen LogP contribution in [0.25, 0.3) is 0 Å². The molecule has 54 valence electrons. The van der Waals surface area contributed by atoms with E-state index in [2.05, 4.69) is 11.1 Å². The van der Waals surface area contributed by atoms with Crippen molar-refractivity contribution in [3.05, 3.63) is 22.4 Å². The molecule has 2 N–H and O–H groups in total. The van der Waals surface area contributed by atoms with E-state index in [1.165, 1.54) is 4.88 Å². The van der Waals surface area contributed by atoms with Gasteiger partial charge in [0, 0.05) is 18.3 Å². The zero-order chi connectivity index (χ0) is 7.40. The maximum atomic E-state index is 5.52. The van der Waals surface area contributed by atoms with Crippen LogP contribution in [-0.4, -0.2) is 12.9 Å². The minimum absolute atomic E-state index is 0.697. The van der Waals surface area contributed by atoms with Crippen LogP contribution in [0.15, 0.2) is 22.5 Å². The lowest BCUT2D eigenvalue weighted by molar-refractivity contribution is 1.29. The summed E-state index contributed by atoms with van der Waals surface area (Å²) in [5.41, 5.74) is 5.52. The van der Waals surface area contributed by atoms with Gasteiger partial charge in [-0.25, -0.2) is 0 Å². The second-order valence-electron chi connectivity index (χ2n) is 1.97. The third-order valence-electron chi connectivity index (χ3n) is 1.22. The molecule has 1 rings (SSSR count). The molecule has 0 atom stereocenters. The number of thiophene rings is 1. The zero-order valence-corrected chi connectivity index (χ0v) is 6.69. The van der Waals surface area contributed by atoms with Crippen molar-refractivity contribution in [3.63, 3.8) is 0 Å². The van der Waals surface area contributed by atoms with Gasteiger partial charge in [-0.05, 0) is 11.4 Å². The minimum atomic E-state index is 0.697. The molecule has 0 aliphatic rings. The first-order valence-corrected chi connectivity index (χ1v) is 3.94. The standard InChI is InChI=1S/C7H10N2S/c1-9-7(8)5-6-3-2-4-10-6/h2-4H,5H2,1H3,(H2,8,9). The molecule has 3 heteroatoms. The van der Waals surface area contributed by atoms with Crippen LogP contribution in [0.4, 0.5) is 0 Å². The summed E-state index contributed by atoms with van der Waals surface area (Å²) in [5.74, 6) is 0.697. The van der Waals surface area contributed by atoms with Gasteiger partial charge in [-0.1, -0.05) is 6.07 Å². The van der Waals surface area contributed by atoms with Gasteiger partial charge in [0.25, 0.3) is 0 Å². The normalized spacial score (nSPS) is 11.9. The topological polar surface area (TPSA) is 38.4 Å². The molecule has 2 nitrogen and oxygen atoms in total. The van der Waals surface area contributed by atoms with E-state index < -0.39 is 0 Å². The van der Waals surface area contributed by atoms with Crippen molar-refractivity contribution < 1.29 is 0 Å². The van der Waals surface area contributed by atoms with Crippen LogP contribution in [0.5, 0.6) is 0 Å². The average molecular weight is 154 g/mol. The monoisotopic (exact) mass is 154 g/mol. The van der Waals surface area contributed by atoms with Crippen molar-refractivity contribution in [2.75, 3.05) is 7.05 Å². The fourth-order valence-electron chi connectivity index (χ4n) is 0.671. The van der Waals surface area contributed by atoms with Gasteiger partial charge < -0.3 is 5.73 Å². The smallest absolute Gasteiger partial charge is 0.0986 e. The first-order chi connectivity index (χ1) is 4.83. The van der Waals surface area contributed by atoms with Crippen molar-refractivity contribution in [2.45, 2.75) is 6.42 Å². The summed E-state index contributed by atoms with van der Waals surface area (Å²) in [7, 11) is 1.71. The number of aliphatic imine (C=N–C) groups is 1. The van der Waals surface area contributed by atoms with E-state index in [1.807, 2.05) is 11.4 Å². The van der Waals surface area contributed by atoms with Gasteiger partial charge in [0.1, 0.15) is 0 Å². The first kappa shape index (κ1) is 7.28.